The van der Waals surface area contributed by atoms with Crippen LogP contribution in [0, 0.1) is 12.7 Å². The summed E-state index contributed by atoms with van der Waals surface area (Å²) in [5, 5.41) is 3.91. The normalized spacial score (nSPS) is 14.5. The van der Waals surface area contributed by atoms with E-state index in [1.54, 1.807) is 24.0 Å². The second-order valence-electron chi connectivity index (χ2n) is 7.29. The van der Waals surface area contributed by atoms with Gasteiger partial charge in [-0.2, -0.15) is 0 Å². The number of amides is 1. The molecule has 4 rings (SSSR count). The maximum Gasteiger partial charge on any atom is 0.573 e. The van der Waals surface area contributed by atoms with Crippen LogP contribution in [0.25, 0.3) is 11.3 Å². The first kappa shape index (κ1) is 21.7. The van der Waals surface area contributed by atoms with E-state index in [-0.39, 0.29) is 34.3 Å². The van der Waals surface area contributed by atoms with E-state index in [2.05, 4.69) is 9.89 Å². The second-order valence-corrected chi connectivity index (χ2v) is 7.29. The third kappa shape index (κ3) is 4.68. The van der Waals surface area contributed by atoms with E-state index in [4.69, 9.17) is 4.52 Å². The Morgan fingerprint density at radius 2 is 1.75 bits per heavy atom. The van der Waals surface area contributed by atoms with Gasteiger partial charge in [0.2, 0.25) is 0 Å². The Bertz CT molecular complexity index is 1100. The van der Waals surface area contributed by atoms with Crippen LogP contribution >= 0.6 is 0 Å². The highest BCUT2D eigenvalue weighted by Gasteiger charge is 2.32. The van der Waals surface area contributed by atoms with Crippen molar-refractivity contribution in [2.45, 2.75) is 13.3 Å². The van der Waals surface area contributed by atoms with Gasteiger partial charge in [-0.05, 0) is 43.3 Å². The minimum atomic E-state index is -4.83. The number of ether oxygens (including phenoxy) is 1. The van der Waals surface area contributed by atoms with E-state index in [0.717, 1.165) is 11.8 Å². The van der Waals surface area contributed by atoms with Crippen LogP contribution in [-0.4, -0.2) is 48.5 Å². The van der Waals surface area contributed by atoms with E-state index in [1.165, 1.54) is 30.3 Å². The van der Waals surface area contributed by atoms with Crippen molar-refractivity contribution >= 4 is 11.6 Å². The number of hydrogen-bond acceptors (Lipinski definition) is 5. The average Bonchev–Trinajstić information content (AvgIpc) is 3.14. The third-order valence-corrected chi connectivity index (χ3v) is 5.18. The number of piperazine rings is 1. The van der Waals surface area contributed by atoms with Crippen molar-refractivity contribution in [3.05, 3.63) is 65.7 Å². The Labute approximate surface area is 181 Å². The van der Waals surface area contributed by atoms with E-state index in [9.17, 15) is 22.4 Å². The monoisotopic (exact) mass is 449 g/mol. The third-order valence-electron chi connectivity index (χ3n) is 5.18. The second kappa shape index (κ2) is 8.52. The summed E-state index contributed by atoms with van der Waals surface area (Å²) in [7, 11) is 0. The molecule has 32 heavy (non-hydrogen) atoms. The van der Waals surface area contributed by atoms with Crippen LogP contribution in [-0.2, 0) is 0 Å². The summed E-state index contributed by atoms with van der Waals surface area (Å²) >= 11 is 0. The van der Waals surface area contributed by atoms with Gasteiger partial charge in [-0.25, -0.2) is 4.39 Å². The van der Waals surface area contributed by atoms with Crippen molar-refractivity contribution in [1.29, 1.82) is 0 Å². The SMILES string of the molecule is Cc1onc(-c2cccc(OC(F)(F)F)c2)c1C(=O)N1CCN(c2ccc(F)cc2)CC1. The molecule has 1 fully saturated rings. The molecule has 6 nitrogen and oxygen atoms in total. The summed E-state index contributed by atoms with van der Waals surface area (Å²) < 4.78 is 60.0. The number of carbonyl (C=O) groups is 1. The van der Waals surface area contributed by atoms with Gasteiger partial charge in [0.1, 0.15) is 28.6 Å². The van der Waals surface area contributed by atoms with Gasteiger partial charge in [0.05, 0.1) is 0 Å². The number of alkyl halides is 3. The molecule has 0 unspecified atom stereocenters. The molecule has 1 amide bonds. The minimum Gasteiger partial charge on any atom is -0.406 e. The molecule has 0 aliphatic carbocycles. The van der Waals surface area contributed by atoms with Crippen molar-refractivity contribution in [2.24, 2.45) is 0 Å². The van der Waals surface area contributed by atoms with Crippen LogP contribution in [0.1, 0.15) is 16.1 Å². The topological polar surface area (TPSA) is 58.8 Å². The molecule has 1 aliphatic rings. The van der Waals surface area contributed by atoms with Crippen LogP contribution in [0.5, 0.6) is 5.75 Å². The van der Waals surface area contributed by atoms with Gasteiger partial charge < -0.3 is 19.1 Å². The lowest BCUT2D eigenvalue weighted by molar-refractivity contribution is -0.274. The van der Waals surface area contributed by atoms with Crippen molar-refractivity contribution < 1.29 is 31.6 Å². The van der Waals surface area contributed by atoms with Crippen LogP contribution in [0.2, 0.25) is 0 Å². The van der Waals surface area contributed by atoms with Gasteiger partial charge in [0, 0.05) is 37.4 Å². The maximum atomic E-state index is 13.2. The van der Waals surface area contributed by atoms with E-state index in [0.29, 0.717) is 26.2 Å². The van der Waals surface area contributed by atoms with Crippen LogP contribution in [0.4, 0.5) is 23.2 Å². The van der Waals surface area contributed by atoms with Crippen molar-refractivity contribution in [3.63, 3.8) is 0 Å². The molecule has 0 N–H and O–H groups in total. The quantitative estimate of drug-likeness (QED) is 0.543. The van der Waals surface area contributed by atoms with Crippen LogP contribution < -0.4 is 9.64 Å². The lowest BCUT2D eigenvalue weighted by atomic mass is 10.0. The number of carbonyl (C=O) groups excluding carboxylic acids is 1. The predicted molar refractivity (Wildman–Crippen MR) is 108 cm³/mol. The molecule has 1 saturated heterocycles. The van der Waals surface area contributed by atoms with Crippen molar-refractivity contribution in [1.82, 2.24) is 10.1 Å². The highest BCUT2D eigenvalue weighted by Crippen LogP contribution is 2.31. The number of benzene rings is 2. The lowest BCUT2D eigenvalue weighted by Gasteiger charge is -2.36. The molecular weight excluding hydrogens is 430 g/mol. The summed E-state index contributed by atoms with van der Waals surface area (Å²) in [5.74, 6) is -0.780. The lowest BCUT2D eigenvalue weighted by Crippen LogP contribution is -2.49. The number of hydrogen-bond donors (Lipinski definition) is 0. The fraction of sp³-hybridized carbons (Fsp3) is 0.273. The molecule has 0 saturated carbocycles. The first-order valence-electron chi connectivity index (χ1n) is 9.83. The molecule has 0 bridgehead atoms. The molecule has 2 heterocycles. The molecule has 168 valence electrons. The van der Waals surface area contributed by atoms with Gasteiger partial charge in [0.15, 0.2) is 0 Å². The zero-order chi connectivity index (χ0) is 22.9. The summed E-state index contributed by atoms with van der Waals surface area (Å²) in [6.07, 6.45) is -4.83. The Morgan fingerprint density at radius 1 is 1.06 bits per heavy atom. The van der Waals surface area contributed by atoms with Crippen molar-refractivity contribution in [3.8, 4) is 17.0 Å². The van der Waals surface area contributed by atoms with Gasteiger partial charge in [-0.15, -0.1) is 13.2 Å². The highest BCUT2D eigenvalue weighted by molar-refractivity contribution is 6.01. The van der Waals surface area contributed by atoms with Gasteiger partial charge in [-0.3, -0.25) is 4.79 Å². The molecule has 10 heteroatoms. The average molecular weight is 449 g/mol. The fourth-order valence-electron chi connectivity index (χ4n) is 3.64. The summed E-state index contributed by atoms with van der Waals surface area (Å²) in [5.41, 5.74) is 1.49. The first-order chi connectivity index (χ1) is 15.2. The number of nitrogens with zero attached hydrogens (tertiary/aromatic N) is 3. The van der Waals surface area contributed by atoms with Crippen LogP contribution in [0.3, 0.4) is 0 Å². The number of rotatable bonds is 4. The molecule has 0 radical (unpaired) electrons. The standard InChI is InChI=1S/C22H19F4N3O3/c1-14-19(20(27-32-14)15-3-2-4-18(13-15)31-22(24,25)26)21(30)29-11-9-28(10-12-29)17-7-5-16(23)6-8-17/h2-8,13H,9-12H2,1H3. The minimum absolute atomic E-state index is 0.154. The smallest absolute Gasteiger partial charge is 0.406 e. The van der Waals surface area contributed by atoms with Gasteiger partial charge in [0.25, 0.3) is 5.91 Å². The highest BCUT2D eigenvalue weighted by atomic mass is 19.4. The Hall–Kier alpha value is -3.56. The molecule has 0 spiro atoms. The zero-order valence-corrected chi connectivity index (χ0v) is 17.0. The van der Waals surface area contributed by atoms with Gasteiger partial charge in [-0.1, -0.05) is 17.3 Å². The molecule has 2 aromatic carbocycles. The predicted octanol–water partition coefficient (Wildman–Crippen LogP) is 4.65. The zero-order valence-electron chi connectivity index (χ0n) is 17.0. The molecular formula is C22H19F4N3O3. The number of anilines is 1. The van der Waals surface area contributed by atoms with E-state index >= 15 is 0 Å². The maximum absolute atomic E-state index is 13.2. The van der Waals surface area contributed by atoms with E-state index in [1.807, 2.05) is 4.90 Å². The Morgan fingerprint density at radius 3 is 2.41 bits per heavy atom. The van der Waals surface area contributed by atoms with Crippen LogP contribution in [0.15, 0.2) is 53.1 Å². The molecule has 1 aromatic heterocycles. The largest absolute Gasteiger partial charge is 0.573 e. The number of aromatic nitrogens is 1. The van der Waals surface area contributed by atoms with Crippen molar-refractivity contribution in [2.75, 3.05) is 31.1 Å². The number of aryl methyl sites for hydroxylation is 1. The first-order valence-corrected chi connectivity index (χ1v) is 9.83. The summed E-state index contributed by atoms with van der Waals surface area (Å²) in [6.45, 7) is 3.50. The van der Waals surface area contributed by atoms with Gasteiger partial charge >= 0.3 is 6.36 Å². The summed E-state index contributed by atoms with van der Waals surface area (Å²) in [6, 6.07) is 11.4. The Kier molecular flexibility index (Phi) is 5.77. The summed E-state index contributed by atoms with van der Waals surface area (Å²) in [4.78, 5) is 16.9. The fourth-order valence-corrected chi connectivity index (χ4v) is 3.64. The molecule has 1 aliphatic heterocycles. The number of halogens is 4. The molecule has 3 aromatic rings. The Balaban J connectivity index is 1.52. The molecule has 0 atom stereocenters. The van der Waals surface area contributed by atoms with E-state index < -0.39 is 12.1 Å².